The molecule has 5 nitrogen and oxygen atoms in total. The first-order valence-corrected chi connectivity index (χ1v) is 8.56. The highest BCUT2D eigenvalue weighted by Gasteiger charge is 2.49. The van der Waals surface area contributed by atoms with Gasteiger partial charge in [0.15, 0.2) is 0 Å². The predicted octanol–water partition coefficient (Wildman–Crippen LogP) is 1.11. The van der Waals surface area contributed by atoms with Crippen LogP contribution in [0.1, 0.15) is 13.8 Å². The van der Waals surface area contributed by atoms with E-state index < -0.39 is 20.5 Å². The zero-order valence-corrected chi connectivity index (χ0v) is 12.6. The van der Waals surface area contributed by atoms with Gasteiger partial charge in [0, 0.05) is 31.0 Å². The molecule has 20 heavy (non-hydrogen) atoms. The van der Waals surface area contributed by atoms with E-state index in [0.717, 1.165) is 5.19 Å². The highest BCUT2D eigenvalue weighted by molar-refractivity contribution is 6.83. The van der Waals surface area contributed by atoms with Crippen LogP contribution in [0.15, 0.2) is 30.3 Å². The van der Waals surface area contributed by atoms with E-state index in [4.69, 9.17) is 13.6 Å². The molecule has 0 saturated carbocycles. The second-order valence-electron chi connectivity index (χ2n) is 4.91. The Hall–Kier alpha value is -1.66. The molecule has 0 atom stereocenters. The summed E-state index contributed by atoms with van der Waals surface area (Å²) in [6.45, 7) is 3.91. The van der Waals surface area contributed by atoms with Crippen molar-refractivity contribution in [2.45, 2.75) is 19.9 Å². The maximum absolute atomic E-state index is 11.5. The minimum absolute atomic E-state index is 0.264. The van der Waals surface area contributed by atoms with Gasteiger partial charge in [0.1, 0.15) is 0 Å². The molecule has 0 bridgehead atoms. The van der Waals surface area contributed by atoms with Gasteiger partial charge >= 0.3 is 8.56 Å². The highest BCUT2D eigenvalue weighted by atomic mass is 28.4. The van der Waals surface area contributed by atoms with Crippen LogP contribution >= 0.6 is 0 Å². The summed E-state index contributed by atoms with van der Waals surface area (Å²) < 4.78 is 16.3. The Labute approximate surface area is 119 Å². The Kier molecular flexibility index (Phi) is 4.56. The lowest BCUT2D eigenvalue weighted by atomic mass is 10.1. The molecule has 0 unspecified atom stereocenters. The first kappa shape index (κ1) is 14.7. The zero-order chi connectivity index (χ0) is 14.6. The molecule has 0 aliphatic carbocycles. The zero-order valence-electron chi connectivity index (χ0n) is 11.6. The summed E-state index contributed by atoms with van der Waals surface area (Å²) in [7, 11) is -3.11. The largest absolute Gasteiger partial charge is 0.499 e. The normalized spacial score (nSPS) is 15.3. The van der Waals surface area contributed by atoms with E-state index in [0.29, 0.717) is 19.3 Å². The van der Waals surface area contributed by atoms with Crippen LogP contribution in [0, 0.1) is 5.92 Å². The van der Waals surface area contributed by atoms with Gasteiger partial charge in [0.2, 0.25) is 0 Å². The van der Waals surface area contributed by atoms with Crippen molar-refractivity contribution in [3.63, 3.8) is 0 Å². The van der Waals surface area contributed by atoms with Crippen LogP contribution < -0.4 is 5.19 Å². The molecule has 0 spiro atoms. The average molecular weight is 294 g/mol. The lowest BCUT2D eigenvalue weighted by molar-refractivity contribution is -0.139. The van der Waals surface area contributed by atoms with E-state index in [9.17, 15) is 9.59 Å². The summed E-state index contributed by atoms with van der Waals surface area (Å²) in [6, 6.07) is 9.80. The lowest BCUT2D eigenvalue weighted by Crippen LogP contribution is -2.58. The molecule has 1 heterocycles. The smallest absolute Gasteiger partial charge is 0.482 e. The minimum Gasteiger partial charge on any atom is -0.482 e. The minimum atomic E-state index is -3.11. The maximum Gasteiger partial charge on any atom is 0.499 e. The SMILES string of the molecule is CC(=O)O[Si](CC1COC1)(OC(C)=O)c1ccccc1. The van der Waals surface area contributed by atoms with Gasteiger partial charge in [-0.2, -0.15) is 0 Å². The molecule has 0 amide bonds. The highest BCUT2D eigenvalue weighted by Crippen LogP contribution is 2.25. The fraction of sp³-hybridized carbons (Fsp3) is 0.429. The van der Waals surface area contributed by atoms with Crippen molar-refractivity contribution in [2.24, 2.45) is 5.92 Å². The summed E-state index contributed by atoms with van der Waals surface area (Å²) >= 11 is 0. The van der Waals surface area contributed by atoms with Crippen LogP contribution in [0.5, 0.6) is 0 Å². The van der Waals surface area contributed by atoms with Crippen molar-refractivity contribution in [1.82, 2.24) is 0 Å². The summed E-state index contributed by atoms with van der Waals surface area (Å²) in [5.41, 5.74) is 0. The van der Waals surface area contributed by atoms with Gasteiger partial charge in [-0.1, -0.05) is 30.3 Å². The van der Waals surface area contributed by atoms with Gasteiger partial charge in [-0.05, 0) is 0 Å². The van der Waals surface area contributed by atoms with Crippen molar-refractivity contribution in [3.05, 3.63) is 30.3 Å². The number of rotatable bonds is 5. The molecular formula is C14H18O5Si. The Morgan fingerprint density at radius 2 is 1.70 bits per heavy atom. The Bertz CT molecular complexity index is 468. The van der Waals surface area contributed by atoms with E-state index >= 15 is 0 Å². The van der Waals surface area contributed by atoms with E-state index in [1.54, 1.807) is 0 Å². The predicted molar refractivity (Wildman–Crippen MR) is 74.5 cm³/mol. The molecule has 1 aromatic rings. The van der Waals surface area contributed by atoms with E-state index in [-0.39, 0.29) is 5.92 Å². The van der Waals surface area contributed by atoms with Gasteiger partial charge in [0.25, 0.3) is 11.9 Å². The molecule has 1 aromatic carbocycles. The van der Waals surface area contributed by atoms with Crippen molar-refractivity contribution in [3.8, 4) is 0 Å². The third kappa shape index (κ3) is 3.46. The topological polar surface area (TPSA) is 61.8 Å². The quantitative estimate of drug-likeness (QED) is 0.761. The number of hydrogen-bond donors (Lipinski definition) is 0. The molecule has 1 aliphatic rings. The molecule has 1 aliphatic heterocycles. The van der Waals surface area contributed by atoms with Gasteiger partial charge in [0.05, 0.1) is 13.2 Å². The Balaban J connectivity index is 2.35. The van der Waals surface area contributed by atoms with Crippen LogP contribution in [0.25, 0.3) is 0 Å². The van der Waals surface area contributed by atoms with E-state index in [2.05, 4.69) is 0 Å². The van der Waals surface area contributed by atoms with Crippen molar-refractivity contribution in [2.75, 3.05) is 13.2 Å². The van der Waals surface area contributed by atoms with Crippen molar-refractivity contribution < 1.29 is 23.2 Å². The Morgan fingerprint density at radius 3 is 2.10 bits per heavy atom. The Morgan fingerprint density at radius 1 is 1.15 bits per heavy atom. The average Bonchev–Trinajstić information content (AvgIpc) is 2.33. The number of carbonyl (C=O) groups excluding carboxylic acids is 2. The fourth-order valence-corrected chi connectivity index (χ4v) is 5.58. The lowest BCUT2D eigenvalue weighted by Gasteiger charge is -2.35. The molecule has 0 aromatic heterocycles. The van der Waals surface area contributed by atoms with Crippen LogP contribution in [0.3, 0.4) is 0 Å². The molecular weight excluding hydrogens is 276 g/mol. The third-order valence-corrected chi connectivity index (χ3v) is 6.66. The summed E-state index contributed by atoms with van der Waals surface area (Å²) in [5, 5.41) is 0.789. The maximum atomic E-state index is 11.5. The first-order chi connectivity index (χ1) is 9.52. The van der Waals surface area contributed by atoms with Crippen LogP contribution in [0.2, 0.25) is 6.04 Å². The summed E-state index contributed by atoms with van der Waals surface area (Å²) in [6.07, 6.45) is 0. The number of carbonyl (C=O) groups is 2. The molecule has 0 N–H and O–H groups in total. The second-order valence-corrected chi connectivity index (χ2v) is 7.81. The molecule has 1 saturated heterocycles. The number of benzene rings is 1. The van der Waals surface area contributed by atoms with Gasteiger partial charge in [-0.15, -0.1) is 0 Å². The number of hydrogen-bond acceptors (Lipinski definition) is 5. The molecule has 2 rings (SSSR count). The molecule has 1 fully saturated rings. The first-order valence-electron chi connectivity index (χ1n) is 6.54. The summed E-state index contributed by atoms with van der Waals surface area (Å²) in [4.78, 5) is 23.0. The molecule has 6 heteroatoms. The monoisotopic (exact) mass is 294 g/mol. The van der Waals surface area contributed by atoms with E-state index in [1.165, 1.54) is 13.8 Å². The van der Waals surface area contributed by atoms with Crippen LogP contribution in [0.4, 0.5) is 0 Å². The van der Waals surface area contributed by atoms with Gasteiger partial charge in [-0.3, -0.25) is 9.59 Å². The van der Waals surface area contributed by atoms with Crippen molar-refractivity contribution in [1.29, 1.82) is 0 Å². The molecule has 108 valence electrons. The third-order valence-electron chi connectivity index (χ3n) is 3.10. The van der Waals surface area contributed by atoms with E-state index in [1.807, 2.05) is 30.3 Å². The van der Waals surface area contributed by atoms with Gasteiger partial charge in [-0.25, -0.2) is 0 Å². The van der Waals surface area contributed by atoms with Crippen LogP contribution in [-0.4, -0.2) is 33.7 Å². The van der Waals surface area contributed by atoms with Crippen molar-refractivity contribution >= 4 is 25.7 Å². The standard InChI is InChI=1S/C14H18O5Si/c1-11(15)18-20(19-12(2)16,10-13-8-17-9-13)14-6-4-3-5-7-14/h3-7,13H,8-10H2,1-2H3. The molecule has 0 radical (unpaired) electrons. The number of ether oxygens (including phenoxy) is 1. The fourth-order valence-electron chi connectivity index (χ4n) is 2.28. The van der Waals surface area contributed by atoms with Crippen LogP contribution in [-0.2, 0) is 23.2 Å². The second kappa shape index (κ2) is 6.19. The van der Waals surface area contributed by atoms with Gasteiger partial charge < -0.3 is 13.6 Å². The summed E-state index contributed by atoms with van der Waals surface area (Å²) in [5.74, 6) is -0.593.